The first-order chi connectivity index (χ1) is 8.41. The van der Waals surface area contributed by atoms with E-state index >= 15 is 0 Å². The first kappa shape index (κ1) is 17.4. The van der Waals surface area contributed by atoms with Gasteiger partial charge in [0.2, 0.25) is 0 Å². The molecular weight excluding hydrogens is 224 g/mol. The van der Waals surface area contributed by atoms with Crippen LogP contribution in [0.5, 0.6) is 0 Å². The van der Waals surface area contributed by atoms with Gasteiger partial charge in [-0.05, 0) is 31.3 Å². The van der Waals surface area contributed by atoms with Crippen LogP contribution in [0.15, 0.2) is 11.6 Å². The molecule has 0 saturated carbocycles. The number of allylic oxidation sites excluding steroid dienone is 2. The molecule has 1 aliphatic rings. The summed E-state index contributed by atoms with van der Waals surface area (Å²) in [6.07, 6.45) is 9.63. The molecular formula is C16H30O2. The molecule has 1 N–H and O–H groups in total. The molecule has 0 aliphatic heterocycles. The molecule has 0 aromatic carbocycles. The molecule has 0 radical (unpaired) electrons. The summed E-state index contributed by atoms with van der Waals surface area (Å²) in [5.41, 5.74) is 1.43. The summed E-state index contributed by atoms with van der Waals surface area (Å²) in [6.45, 7) is 8.87. The zero-order chi connectivity index (χ0) is 14.0. The third-order valence-corrected chi connectivity index (χ3v) is 3.08. The summed E-state index contributed by atoms with van der Waals surface area (Å²) in [5, 5.41) is 8.37. The molecule has 2 nitrogen and oxygen atoms in total. The van der Waals surface area contributed by atoms with Gasteiger partial charge in [0.05, 0.1) is 0 Å². The predicted octanol–water partition coefficient (Wildman–Crippen LogP) is 4.27. The summed E-state index contributed by atoms with van der Waals surface area (Å²) < 4.78 is 0. The van der Waals surface area contributed by atoms with E-state index < -0.39 is 0 Å². The van der Waals surface area contributed by atoms with E-state index in [-0.39, 0.29) is 11.2 Å². The third-order valence-electron chi connectivity index (χ3n) is 3.08. The van der Waals surface area contributed by atoms with Crippen molar-refractivity contribution in [3.05, 3.63) is 11.6 Å². The molecule has 2 heteroatoms. The second kappa shape index (κ2) is 9.32. The Morgan fingerprint density at radius 1 is 1.17 bits per heavy atom. The summed E-state index contributed by atoms with van der Waals surface area (Å²) in [6, 6.07) is 0. The van der Waals surface area contributed by atoms with E-state index in [2.05, 4.69) is 20.8 Å². The van der Waals surface area contributed by atoms with E-state index in [1.54, 1.807) is 6.08 Å². The molecule has 0 fully saturated rings. The highest BCUT2D eigenvalue weighted by molar-refractivity contribution is 5.91. The minimum absolute atomic E-state index is 0.204. The lowest BCUT2D eigenvalue weighted by molar-refractivity contribution is -0.117. The average molecular weight is 254 g/mol. The van der Waals surface area contributed by atoms with Crippen LogP contribution < -0.4 is 0 Å². The molecule has 106 valence electrons. The topological polar surface area (TPSA) is 37.3 Å². The Kier molecular flexibility index (Phi) is 8.99. The van der Waals surface area contributed by atoms with E-state index in [9.17, 15) is 4.79 Å². The number of rotatable bonds is 5. The largest absolute Gasteiger partial charge is 0.396 e. The monoisotopic (exact) mass is 254 g/mol. The van der Waals surface area contributed by atoms with Gasteiger partial charge in [0.15, 0.2) is 5.78 Å². The first-order valence-corrected chi connectivity index (χ1v) is 7.22. The Morgan fingerprint density at radius 2 is 1.78 bits per heavy atom. The lowest BCUT2D eigenvalue weighted by Crippen LogP contribution is -2.20. The van der Waals surface area contributed by atoms with Crippen molar-refractivity contribution < 1.29 is 9.90 Å². The van der Waals surface area contributed by atoms with Gasteiger partial charge in [-0.15, -0.1) is 0 Å². The molecule has 0 amide bonds. The molecule has 0 saturated heterocycles. The van der Waals surface area contributed by atoms with Crippen molar-refractivity contribution in [2.75, 3.05) is 6.61 Å². The van der Waals surface area contributed by atoms with Gasteiger partial charge in [0.1, 0.15) is 0 Å². The minimum atomic E-state index is 0.204. The van der Waals surface area contributed by atoms with E-state index in [1.165, 1.54) is 31.3 Å². The smallest absolute Gasteiger partial charge is 0.156 e. The lowest BCUT2D eigenvalue weighted by Gasteiger charge is -2.27. The summed E-state index contributed by atoms with van der Waals surface area (Å²) in [5.74, 6) is 0.286. The van der Waals surface area contributed by atoms with Crippen LogP contribution in [-0.2, 0) is 4.79 Å². The van der Waals surface area contributed by atoms with Gasteiger partial charge in [-0.25, -0.2) is 0 Å². The van der Waals surface area contributed by atoms with Crippen molar-refractivity contribution in [1.29, 1.82) is 0 Å². The highest BCUT2D eigenvalue weighted by Crippen LogP contribution is 2.32. The van der Waals surface area contributed by atoms with Gasteiger partial charge in [-0.3, -0.25) is 4.79 Å². The molecule has 0 heterocycles. The fourth-order valence-electron chi connectivity index (χ4n) is 2.38. The van der Waals surface area contributed by atoms with Gasteiger partial charge in [0, 0.05) is 13.0 Å². The van der Waals surface area contributed by atoms with Crippen molar-refractivity contribution in [2.45, 2.75) is 72.6 Å². The lowest BCUT2D eigenvalue weighted by atomic mass is 9.77. The average Bonchev–Trinajstić information content (AvgIpc) is 2.22. The Balaban J connectivity index is 0.000000331. The maximum Gasteiger partial charge on any atom is 0.156 e. The molecule has 0 bridgehead atoms. The number of ketones is 1. The van der Waals surface area contributed by atoms with Crippen molar-refractivity contribution in [1.82, 2.24) is 0 Å². The van der Waals surface area contributed by atoms with E-state index in [4.69, 9.17) is 5.11 Å². The zero-order valence-electron chi connectivity index (χ0n) is 12.6. The van der Waals surface area contributed by atoms with Gasteiger partial charge in [-0.1, -0.05) is 52.0 Å². The maximum absolute atomic E-state index is 11.0. The number of aliphatic hydroxyl groups excluding tert-OH is 1. The van der Waals surface area contributed by atoms with Crippen LogP contribution in [0, 0.1) is 5.41 Å². The van der Waals surface area contributed by atoms with Gasteiger partial charge in [0.25, 0.3) is 0 Å². The van der Waals surface area contributed by atoms with Gasteiger partial charge < -0.3 is 5.11 Å². The highest BCUT2D eigenvalue weighted by Gasteiger charge is 2.25. The summed E-state index contributed by atoms with van der Waals surface area (Å²) in [7, 11) is 0. The number of carbonyl (C=O) groups excluding carboxylic acids is 1. The van der Waals surface area contributed by atoms with Crippen LogP contribution >= 0.6 is 0 Å². The Hall–Kier alpha value is -0.630. The molecule has 1 rings (SSSR count). The van der Waals surface area contributed by atoms with Crippen molar-refractivity contribution in [2.24, 2.45) is 5.41 Å². The number of hydrogen-bond acceptors (Lipinski definition) is 2. The molecule has 0 atom stereocenters. The second-order valence-electron chi connectivity index (χ2n) is 6.11. The number of carbonyl (C=O) groups is 1. The van der Waals surface area contributed by atoms with Gasteiger partial charge >= 0.3 is 0 Å². The van der Waals surface area contributed by atoms with Crippen LogP contribution in [0.2, 0.25) is 0 Å². The van der Waals surface area contributed by atoms with Crippen LogP contribution in [0.3, 0.4) is 0 Å². The number of aliphatic hydroxyl groups is 1. The van der Waals surface area contributed by atoms with Gasteiger partial charge in [-0.2, -0.15) is 0 Å². The van der Waals surface area contributed by atoms with Crippen LogP contribution in [0.4, 0.5) is 0 Å². The molecule has 0 aromatic heterocycles. The Morgan fingerprint density at radius 3 is 2.22 bits per heavy atom. The van der Waals surface area contributed by atoms with Crippen molar-refractivity contribution >= 4 is 5.78 Å². The van der Waals surface area contributed by atoms with E-state index in [0.717, 1.165) is 12.8 Å². The number of unbranched alkanes of at least 4 members (excludes halogenated alkanes) is 4. The highest BCUT2D eigenvalue weighted by atomic mass is 16.2. The Bertz CT molecular complexity index is 258. The number of hydrogen-bond donors (Lipinski definition) is 1. The van der Waals surface area contributed by atoms with Crippen LogP contribution in [0.25, 0.3) is 0 Å². The van der Waals surface area contributed by atoms with Crippen molar-refractivity contribution in [3.8, 4) is 0 Å². The SMILES string of the molecule is CC1=CC(=O)CC(C)(C)C1.CCCCCCCO. The van der Waals surface area contributed by atoms with E-state index in [0.29, 0.717) is 13.0 Å². The molecule has 1 aliphatic carbocycles. The fourth-order valence-corrected chi connectivity index (χ4v) is 2.38. The first-order valence-electron chi connectivity index (χ1n) is 7.22. The fraction of sp³-hybridized carbons (Fsp3) is 0.812. The summed E-state index contributed by atoms with van der Waals surface area (Å²) in [4.78, 5) is 11.0. The third kappa shape index (κ3) is 9.41. The van der Waals surface area contributed by atoms with Crippen LogP contribution in [0.1, 0.15) is 72.6 Å². The zero-order valence-corrected chi connectivity index (χ0v) is 12.6. The molecule has 0 aromatic rings. The normalized spacial score (nSPS) is 17.8. The predicted molar refractivity (Wildman–Crippen MR) is 77.6 cm³/mol. The van der Waals surface area contributed by atoms with Crippen LogP contribution in [-0.4, -0.2) is 17.5 Å². The molecule has 0 spiro atoms. The Labute approximate surface area is 112 Å². The minimum Gasteiger partial charge on any atom is -0.396 e. The molecule has 18 heavy (non-hydrogen) atoms. The summed E-state index contributed by atoms with van der Waals surface area (Å²) >= 11 is 0. The molecule has 0 unspecified atom stereocenters. The second-order valence-corrected chi connectivity index (χ2v) is 6.11. The quantitative estimate of drug-likeness (QED) is 0.744. The van der Waals surface area contributed by atoms with E-state index in [1.807, 2.05) is 6.92 Å². The maximum atomic E-state index is 11.0. The standard InChI is InChI=1S/C9H14O.C7H16O/c1-7-4-8(10)6-9(2,3)5-7;1-2-3-4-5-6-7-8/h4H,5-6H2,1-3H3;8H,2-7H2,1H3. The van der Waals surface area contributed by atoms with Crippen molar-refractivity contribution in [3.63, 3.8) is 0 Å².